The average Bonchev–Trinajstić information content (AvgIpc) is 2.75. The van der Waals surface area contributed by atoms with E-state index in [0.717, 1.165) is 12.8 Å². The first-order valence-electron chi connectivity index (χ1n) is 6.03. The van der Waals surface area contributed by atoms with Crippen LogP contribution in [0.4, 0.5) is 0 Å². The van der Waals surface area contributed by atoms with E-state index in [1.54, 1.807) is 18.9 Å². The van der Waals surface area contributed by atoms with Gasteiger partial charge in [0.1, 0.15) is 5.76 Å². The minimum atomic E-state index is -0.227. The zero-order valence-electron chi connectivity index (χ0n) is 10.6. The number of carbonyl (C=O) groups excluding carboxylic acids is 1. The van der Waals surface area contributed by atoms with Crippen LogP contribution in [0.1, 0.15) is 29.2 Å². The van der Waals surface area contributed by atoms with Crippen LogP contribution in [0.25, 0.3) is 0 Å². The Hall–Kier alpha value is -1.62. The molecule has 1 aromatic rings. The van der Waals surface area contributed by atoms with Crippen molar-refractivity contribution in [3.8, 4) is 0 Å². The van der Waals surface area contributed by atoms with Gasteiger partial charge < -0.3 is 14.1 Å². The van der Waals surface area contributed by atoms with Gasteiger partial charge in [-0.15, -0.1) is 0 Å². The van der Waals surface area contributed by atoms with E-state index >= 15 is 0 Å². The van der Waals surface area contributed by atoms with Gasteiger partial charge in [-0.2, -0.15) is 0 Å². The lowest BCUT2D eigenvalue weighted by Gasteiger charge is -2.23. The van der Waals surface area contributed by atoms with Crippen molar-refractivity contribution < 1.29 is 13.9 Å². The van der Waals surface area contributed by atoms with Crippen LogP contribution >= 0.6 is 0 Å². The SMILES string of the molecule is COC[C@@H]1CCCN1C(=O)c1cc(=O)cc(C)o1. The molecule has 1 atom stereocenters. The highest BCUT2D eigenvalue weighted by Crippen LogP contribution is 2.20. The number of carbonyl (C=O) groups is 1. The lowest BCUT2D eigenvalue weighted by Crippen LogP contribution is -2.38. The van der Waals surface area contributed by atoms with Crippen LogP contribution < -0.4 is 5.43 Å². The molecule has 1 aliphatic heterocycles. The number of nitrogens with zero attached hydrogens (tertiary/aromatic N) is 1. The minimum Gasteiger partial charge on any atom is -0.456 e. The van der Waals surface area contributed by atoms with E-state index in [2.05, 4.69) is 0 Å². The van der Waals surface area contributed by atoms with Crippen LogP contribution in [0.5, 0.6) is 0 Å². The Labute approximate surface area is 105 Å². The van der Waals surface area contributed by atoms with Crippen LogP contribution in [0.2, 0.25) is 0 Å². The fraction of sp³-hybridized carbons (Fsp3) is 0.538. The molecule has 1 aliphatic rings. The summed E-state index contributed by atoms with van der Waals surface area (Å²) in [4.78, 5) is 25.4. The maximum Gasteiger partial charge on any atom is 0.290 e. The summed E-state index contributed by atoms with van der Waals surface area (Å²) in [5.41, 5.74) is -0.204. The highest BCUT2D eigenvalue weighted by molar-refractivity contribution is 5.91. The number of methoxy groups -OCH3 is 1. The van der Waals surface area contributed by atoms with Gasteiger partial charge in [0.25, 0.3) is 5.91 Å². The monoisotopic (exact) mass is 251 g/mol. The Morgan fingerprint density at radius 1 is 1.56 bits per heavy atom. The molecule has 0 bridgehead atoms. The van der Waals surface area contributed by atoms with E-state index in [1.165, 1.54) is 12.1 Å². The zero-order valence-corrected chi connectivity index (χ0v) is 10.6. The van der Waals surface area contributed by atoms with Gasteiger partial charge in [-0.25, -0.2) is 0 Å². The van der Waals surface area contributed by atoms with Gasteiger partial charge >= 0.3 is 0 Å². The second-order valence-corrected chi connectivity index (χ2v) is 4.52. The van der Waals surface area contributed by atoms with Gasteiger partial charge in [0.15, 0.2) is 11.2 Å². The smallest absolute Gasteiger partial charge is 0.290 e. The number of rotatable bonds is 3. The second kappa shape index (κ2) is 5.35. The first-order chi connectivity index (χ1) is 8.61. The fourth-order valence-electron chi connectivity index (χ4n) is 2.32. The molecule has 0 radical (unpaired) electrons. The van der Waals surface area contributed by atoms with Gasteiger partial charge in [0, 0.05) is 25.8 Å². The maximum absolute atomic E-state index is 12.3. The lowest BCUT2D eigenvalue weighted by atomic mass is 10.2. The van der Waals surface area contributed by atoms with Gasteiger partial charge in [0.2, 0.25) is 0 Å². The van der Waals surface area contributed by atoms with Crippen molar-refractivity contribution in [1.82, 2.24) is 4.90 Å². The fourth-order valence-corrected chi connectivity index (χ4v) is 2.32. The van der Waals surface area contributed by atoms with E-state index in [0.29, 0.717) is 18.9 Å². The summed E-state index contributed by atoms with van der Waals surface area (Å²) in [5, 5.41) is 0. The normalized spacial score (nSPS) is 19.2. The Bertz CT molecular complexity index is 494. The standard InChI is InChI=1S/C13H17NO4/c1-9-6-11(15)7-12(18-9)13(16)14-5-3-4-10(14)8-17-2/h6-7,10H,3-5,8H2,1-2H3/t10-/m0/s1. The maximum atomic E-state index is 12.3. The molecular formula is C13H17NO4. The van der Waals surface area contributed by atoms with Crippen molar-refractivity contribution in [2.24, 2.45) is 0 Å². The molecule has 1 aromatic heterocycles. The summed E-state index contributed by atoms with van der Waals surface area (Å²) < 4.78 is 10.4. The molecule has 0 unspecified atom stereocenters. The summed E-state index contributed by atoms with van der Waals surface area (Å²) >= 11 is 0. The number of hydrogen-bond donors (Lipinski definition) is 0. The van der Waals surface area contributed by atoms with Crippen LogP contribution in [-0.2, 0) is 4.74 Å². The molecule has 2 rings (SSSR count). The van der Waals surface area contributed by atoms with Crippen LogP contribution in [0.15, 0.2) is 21.3 Å². The third-order valence-corrected chi connectivity index (χ3v) is 3.10. The largest absolute Gasteiger partial charge is 0.456 e. The minimum absolute atomic E-state index is 0.0771. The Balaban J connectivity index is 2.22. The molecule has 98 valence electrons. The number of ether oxygens (including phenoxy) is 1. The van der Waals surface area contributed by atoms with E-state index in [-0.39, 0.29) is 23.1 Å². The summed E-state index contributed by atoms with van der Waals surface area (Å²) in [5.74, 6) is 0.340. The third-order valence-electron chi connectivity index (χ3n) is 3.10. The van der Waals surface area contributed by atoms with Crippen LogP contribution in [0.3, 0.4) is 0 Å². The molecule has 5 nitrogen and oxygen atoms in total. The molecule has 0 saturated carbocycles. The number of hydrogen-bond acceptors (Lipinski definition) is 4. The Kier molecular flexibility index (Phi) is 3.81. The number of likely N-dealkylation sites (tertiary alicyclic amines) is 1. The van der Waals surface area contributed by atoms with Crippen molar-refractivity contribution in [2.45, 2.75) is 25.8 Å². The molecule has 0 aromatic carbocycles. The quantitative estimate of drug-likeness (QED) is 0.810. The van der Waals surface area contributed by atoms with Crippen molar-refractivity contribution in [3.63, 3.8) is 0 Å². The van der Waals surface area contributed by atoms with Crippen LogP contribution in [-0.4, -0.2) is 37.1 Å². The summed E-state index contributed by atoms with van der Waals surface area (Å²) in [6.45, 7) is 2.86. The van der Waals surface area contributed by atoms with Gasteiger partial charge in [-0.1, -0.05) is 0 Å². The predicted octanol–water partition coefficient (Wildman–Crippen LogP) is 1.20. The van der Waals surface area contributed by atoms with E-state index in [9.17, 15) is 9.59 Å². The van der Waals surface area contributed by atoms with Crippen molar-refractivity contribution in [3.05, 3.63) is 33.9 Å². The van der Waals surface area contributed by atoms with Crippen LogP contribution in [0, 0.1) is 6.92 Å². The second-order valence-electron chi connectivity index (χ2n) is 4.52. The van der Waals surface area contributed by atoms with Crippen molar-refractivity contribution in [2.75, 3.05) is 20.3 Å². The van der Waals surface area contributed by atoms with E-state index in [4.69, 9.17) is 9.15 Å². The van der Waals surface area contributed by atoms with Gasteiger partial charge in [0.05, 0.1) is 12.6 Å². The van der Waals surface area contributed by atoms with Crippen molar-refractivity contribution in [1.29, 1.82) is 0 Å². The number of amides is 1. The molecule has 0 aliphatic carbocycles. The molecule has 1 fully saturated rings. The Morgan fingerprint density at radius 2 is 2.33 bits per heavy atom. The first-order valence-corrected chi connectivity index (χ1v) is 6.03. The highest BCUT2D eigenvalue weighted by Gasteiger charge is 2.30. The van der Waals surface area contributed by atoms with E-state index < -0.39 is 0 Å². The van der Waals surface area contributed by atoms with Gasteiger partial charge in [-0.05, 0) is 19.8 Å². The first kappa shape index (κ1) is 12.8. The predicted molar refractivity (Wildman–Crippen MR) is 65.6 cm³/mol. The zero-order chi connectivity index (χ0) is 13.1. The molecule has 2 heterocycles. The lowest BCUT2D eigenvalue weighted by molar-refractivity contribution is 0.0596. The number of aryl methyl sites for hydroxylation is 1. The molecular weight excluding hydrogens is 234 g/mol. The topological polar surface area (TPSA) is 59.8 Å². The molecule has 1 saturated heterocycles. The molecule has 0 spiro atoms. The summed E-state index contributed by atoms with van der Waals surface area (Å²) in [7, 11) is 1.62. The summed E-state index contributed by atoms with van der Waals surface area (Å²) in [6, 6.07) is 2.69. The van der Waals surface area contributed by atoms with Gasteiger partial charge in [-0.3, -0.25) is 9.59 Å². The summed E-state index contributed by atoms with van der Waals surface area (Å²) in [6.07, 6.45) is 1.88. The molecule has 5 heteroatoms. The third kappa shape index (κ3) is 2.61. The highest BCUT2D eigenvalue weighted by atomic mass is 16.5. The molecule has 1 amide bonds. The molecule has 0 N–H and O–H groups in total. The molecule has 18 heavy (non-hydrogen) atoms. The Morgan fingerprint density at radius 3 is 3.00 bits per heavy atom. The average molecular weight is 251 g/mol. The van der Waals surface area contributed by atoms with E-state index in [1.807, 2.05) is 0 Å². The van der Waals surface area contributed by atoms with Crippen molar-refractivity contribution >= 4 is 5.91 Å².